The van der Waals surface area contributed by atoms with Crippen molar-refractivity contribution in [2.75, 3.05) is 18.4 Å². The molecule has 0 saturated carbocycles. The Kier molecular flexibility index (Phi) is 6.05. The van der Waals surface area contributed by atoms with Gasteiger partial charge in [-0.1, -0.05) is 37.6 Å². The molecule has 4 nitrogen and oxygen atoms in total. The van der Waals surface area contributed by atoms with Gasteiger partial charge in [-0.25, -0.2) is 0 Å². The van der Waals surface area contributed by atoms with Crippen molar-refractivity contribution < 1.29 is 9.59 Å². The number of carbonyl (C=O) groups is 2. The summed E-state index contributed by atoms with van der Waals surface area (Å²) >= 11 is 0. The lowest BCUT2D eigenvalue weighted by atomic mass is 10.1. The number of anilines is 1. The zero-order chi connectivity index (χ0) is 18.4. The van der Waals surface area contributed by atoms with Gasteiger partial charge >= 0.3 is 0 Å². The average molecular weight is 350 g/mol. The molecule has 4 heteroatoms. The molecule has 1 aliphatic rings. The number of para-hydroxylation sites is 1. The highest BCUT2D eigenvalue weighted by Gasteiger charge is 2.22. The maximum absolute atomic E-state index is 12.7. The van der Waals surface area contributed by atoms with E-state index >= 15 is 0 Å². The number of rotatable bonds is 6. The zero-order valence-corrected chi connectivity index (χ0v) is 15.3. The van der Waals surface area contributed by atoms with Crippen LogP contribution in [0.25, 0.3) is 0 Å². The van der Waals surface area contributed by atoms with Gasteiger partial charge in [-0.05, 0) is 55.5 Å². The Labute approximate surface area is 155 Å². The molecule has 1 saturated heterocycles. The Morgan fingerprint density at radius 1 is 1.00 bits per heavy atom. The molecular weight excluding hydrogens is 324 g/mol. The molecule has 2 aromatic rings. The summed E-state index contributed by atoms with van der Waals surface area (Å²) in [6.07, 6.45) is 5.43. The maximum atomic E-state index is 12.7. The van der Waals surface area contributed by atoms with E-state index in [-0.39, 0.29) is 11.8 Å². The molecule has 0 bridgehead atoms. The molecule has 1 N–H and O–H groups in total. The van der Waals surface area contributed by atoms with Crippen LogP contribution in [0.3, 0.4) is 0 Å². The van der Waals surface area contributed by atoms with Crippen molar-refractivity contribution in [3.05, 3.63) is 65.2 Å². The summed E-state index contributed by atoms with van der Waals surface area (Å²) in [5, 5.41) is 2.91. The van der Waals surface area contributed by atoms with Crippen molar-refractivity contribution in [3.8, 4) is 0 Å². The Bertz CT molecular complexity index is 762. The lowest BCUT2D eigenvalue weighted by Crippen LogP contribution is -2.28. The van der Waals surface area contributed by atoms with Crippen LogP contribution in [0.4, 0.5) is 5.69 Å². The quantitative estimate of drug-likeness (QED) is 0.833. The summed E-state index contributed by atoms with van der Waals surface area (Å²) in [4.78, 5) is 27.2. The van der Waals surface area contributed by atoms with E-state index in [1.54, 1.807) is 12.1 Å². The number of benzene rings is 2. The minimum absolute atomic E-state index is 0.00619. The fraction of sp³-hybridized carbons (Fsp3) is 0.364. The van der Waals surface area contributed by atoms with E-state index in [4.69, 9.17) is 0 Å². The molecule has 0 atom stereocenters. The number of nitrogens with one attached hydrogen (secondary N) is 1. The van der Waals surface area contributed by atoms with Crippen molar-refractivity contribution >= 4 is 17.5 Å². The normalized spacial score (nSPS) is 13.7. The fourth-order valence-corrected chi connectivity index (χ4v) is 3.27. The second-order valence-electron chi connectivity index (χ2n) is 6.80. The van der Waals surface area contributed by atoms with Gasteiger partial charge in [-0.2, -0.15) is 0 Å². The van der Waals surface area contributed by atoms with Gasteiger partial charge in [0.1, 0.15) is 0 Å². The first kappa shape index (κ1) is 18.2. The van der Waals surface area contributed by atoms with E-state index in [0.717, 1.165) is 45.2 Å². The molecule has 26 heavy (non-hydrogen) atoms. The number of carbonyl (C=O) groups excluding carboxylic acids is 2. The molecule has 0 unspecified atom stereocenters. The monoisotopic (exact) mass is 350 g/mol. The van der Waals surface area contributed by atoms with Crippen molar-refractivity contribution in [2.45, 2.75) is 39.0 Å². The molecule has 2 aromatic carbocycles. The second-order valence-corrected chi connectivity index (χ2v) is 6.80. The van der Waals surface area contributed by atoms with Crippen molar-refractivity contribution in [1.82, 2.24) is 4.90 Å². The third-order valence-electron chi connectivity index (χ3n) is 4.83. The largest absolute Gasteiger partial charge is 0.339 e. The van der Waals surface area contributed by atoms with Gasteiger partial charge in [0.2, 0.25) is 0 Å². The van der Waals surface area contributed by atoms with Gasteiger partial charge in [0, 0.05) is 18.7 Å². The van der Waals surface area contributed by atoms with Crippen molar-refractivity contribution in [1.29, 1.82) is 0 Å². The Morgan fingerprint density at radius 3 is 2.38 bits per heavy atom. The molecule has 136 valence electrons. The smallest absolute Gasteiger partial charge is 0.255 e. The van der Waals surface area contributed by atoms with Gasteiger partial charge in [-0.3, -0.25) is 9.59 Å². The Hall–Kier alpha value is -2.62. The lowest BCUT2D eigenvalue weighted by molar-refractivity contribution is 0.0794. The van der Waals surface area contributed by atoms with E-state index in [1.165, 1.54) is 5.56 Å². The van der Waals surface area contributed by atoms with E-state index < -0.39 is 0 Å². The van der Waals surface area contributed by atoms with Crippen LogP contribution in [0.2, 0.25) is 0 Å². The van der Waals surface area contributed by atoms with Gasteiger partial charge in [0.15, 0.2) is 0 Å². The molecule has 0 aliphatic carbocycles. The first-order valence-corrected chi connectivity index (χ1v) is 9.47. The molecular formula is C22H26N2O2. The van der Waals surface area contributed by atoms with Crippen LogP contribution in [0.15, 0.2) is 48.5 Å². The van der Waals surface area contributed by atoms with Crippen molar-refractivity contribution in [2.24, 2.45) is 0 Å². The number of nitrogens with zero attached hydrogens (tertiary/aromatic N) is 1. The van der Waals surface area contributed by atoms with Crippen LogP contribution in [-0.2, 0) is 6.42 Å². The molecule has 2 amide bonds. The molecule has 3 rings (SSSR count). The van der Waals surface area contributed by atoms with Crippen LogP contribution in [0.1, 0.15) is 58.9 Å². The molecule has 0 spiro atoms. The lowest BCUT2D eigenvalue weighted by Gasteiger charge is -2.18. The van der Waals surface area contributed by atoms with Crippen LogP contribution in [0.5, 0.6) is 0 Å². The average Bonchev–Trinajstić information content (AvgIpc) is 3.21. The summed E-state index contributed by atoms with van der Waals surface area (Å²) in [6.45, 7) is 3.75. The standard InChI is InChI=1S/C22H26N2O2/c1-2-3-8-17-11-13-18(14-12-17)21(25)23-20-10-5-4-9-19(20)22(26)24-15-6-7-16-24/h4-5,9-14H,2-3,6-8,15-16H2,1H3,(H,23,25). The summed E-state index contributed by atoms with van der Waals surface area (Å²) in [5.74, 6) is -0.193. The second kappa shape index (κ2) is 8.65. The van der Waals surface area contributed by atoms with Crippen molar-refractivity contribution in [3.63, 3.8) is 0 Å². The third kappa shape index (κ3) is 4.31. The number of hydrogen-bond donors (Lipinski definition) is 1. The minimum Gasteiger partial charge on any atom is -0.339 e. The number of aryl methyl sites for hydroxylation is 1. The molecule has 1 fully saturated rings. The van der Waals surface area contributed by atoms with E-state index in [0.29, 0.717) is 16.8 Å². The summed E-state index contributed by atoms with van der Waals surface area (Å²) in [7, 11) is 0. The highest BCUT2D eigenvalue weighted by Crippen LogP contribution is 2.21. The molecule has 0 aromatic heterocycles. The predicted octanol–water partition coefficient (Wildman–Crippen LogP) is 4.52. The zero-order valence-electron chi connectivity index (χ0n) is 15.3. The number of unbranched alkanes of at least 4 members (excludes halogenated alkanes) is 1. The van der Waals surface area contributed by atoms with E-state index in [2.05, 4.69) is 12.2 Å². The first-order valence-electron chi connectivity index (χ1n) is 9.47. The fourth-order valence-electron chi connectivity index (χ4n) is 3.27. The van der Waals surface area contributed by atoms with Crippen LogP contribution < -0.4 is 5.32 Å². The number of hydrogen-bond acceptors (Lipinski definition) is 2. The van der Waals surface area contributed by atoms with Gasteiger partial charge < -0.3 is 10.2 Å². The predicted molar refractivity (Wildman–Crippen MR) is 105 cm³/mol. The third-order valence-corrected chi connectivity index (χ3v) is 4.83. The number of amides is 2. The first-order chi connectivity index (χ1) is 12.7. The van der Waals surface area contributed by atoms with Crippen LogP contribution >= 0.6 is 0 Å². The van der Waals surface area contributed by atoms with Crippen LogP contribution in [0, 0.1) is 0 Å². The SMILES string of the molecule is CCCCc1ccc(C(=O)Nc2ccccc2C(=O)N2CCCC2)cc1. The summed E-state index contributed by atoms with van der Waals surface area (Å²) in [6, 6.07) is 15.0. The van der Waals surface area contributed by atoms with Gasteiger partial charge in [-0.15, -0.1) is 0 Å². The molecule has 1 heterocycles. The minimum atomic E-state index is -0.186. The summed E-state index contributed by atoms with van der Waals surface area (Å²) in [5.41, 5.74) is 2.98. The molecule has 0 radical (unpaired) electrons. The molecule has 1 aliphatic heterocycles. The Balaban J connectivity index is 1.72. The van der Waals surface area contributed by atoms with E-state index in [1.807, 2.05) is 41.3 Å². The van der Waals surface area contributed by atoms with Gasteiger partial charge in [0.05, 0.1) is 11.3 Å². The van der Waals surface area contributed by atoms with Gasteiger partial charge in [0.25, 0.3) is 11.8 Å². The number of likely N-dealkylation sites (tertiary alicyclic amines) is 1. The highest BCUT2D eigenvalue weighted by atomic mass is 16.2. The Morgan fingerprint density at radius 2 is 1.69 bits per heavy atom. The van der Waals surface area contributed by atoms with E-state index in [9.17, 15) is 9.59 Å². The maximum Gasteiger partial charge on any atom is 0.255 e. The highest BCUT2D eigenvalue weighted by molar-refractivity contribution is 6.09. The summed E-state index contributed by atoms with van der Waals surface area (Å²) < 4.78 is 0. The van der Waals surface area contributed by atoms with Crippen LogP contribution in [-0.4, -0.2) is 29.8 Å². The topological polar surface area (TPSA) is 49.4 Å².